The summed E-state index contributed by atoms with van der Waals surface area (Å²) in [5.74, 6) is 1.03. The molecule has 3 nitrogen and oxygen atoms in total. The molecule has 0 radical (unpaired) electrons. The van der Waals surface area contributed by atoms with E-state index < -0.39 is 0 Å². The molecule has 2 N–H and O–H groups in total. The van der Waals surface area contributed by atoms with Crippen molar-refractivity contribution in [2.24, 2.45) is 11.8 Å². The first-order valence-electron chi connectivity index (χ1n) is 7.02. The molecule has 1 heterocycles. The molecule has 0 bridgehead atoms. The molecule has 0 spiro atoms. The Morgan fingerprint density at radius 3 is 3.10 bits per heavy atom. The number of benzene rings is 1. The van der Waals surface area contributed by atoms with Crippen LogP contribution in [0.5, 0.6) is 0 Å². The summed E-state index contributed by atoms with van der Waals surface area (Å²) in [6, 6.07) is 5.47. The van der Waals surface area contributed by atoms with E-state index in [0.717, 1.165) is 23.2 Å². The van der Waals surface area contributed by atoms with E-state index in [2.05, 4.69) is 33.5 Å². The fraction of sp³-hybridized carbons (Fsp3) is 0.533. The van der Waals surface area contributed by atoms with E-state index >= 15 is 0 Å². The maximum atomic E-state index is 12.1. The number of carbonyl (C=O) groups is 1. The van der Waals surface area contributed by atoms with Crippen LogP contribution in [0.3, 0.4) is 0 Å². The third kappa shape index (κ3) is 4.21. The van der Waals surface area contributed by atoms with Gasteiger partial charge in [-0.25, -0.2) is 0 Å². The molecular weight excluding hydrogens is 340 g/mol. The van der Waals surface area contributed by atoms with E-state index in [-0.39, 0.29) is 5.91 Å². The smallest absolute Gasteiger partial charge is 0.224 e. The van der Waals surface area contributed by atoms with Gasteiger partial charge < -0.3 is 10.6 Å². The monoisotopic (exact) mass is 358 g/mol. The molecular formula is C15H20BrClN2O. The van der Waals surface area contributed by atoms with Crippen molar-refractivity contribution in [3.05, 3.63) is 27.7 Å². The summed E-state index contributed by atoms with van der Waals surface area (Å²) in [4.78, 5) is 12.1. The molecule has 2 rings (SSSR count). The number of anilines is 1. The summed E-state index contributed by atoms with van der Waals surface area (Å²) in [5.41, 5.74) is 0.733. The van der Waals surface area contributed by atoms with Gasteiger partial charge >= 0.3 is 0 Å². The summed E-state index contributed by atoms with van der Waals surface area (Å²) >= 11 is 9.41. The largest absolute Gasteiger partial charge is 0.325 e. The van der Waals surface area contributed by atoms with Gasteiger partial charge in [0.05, 0.1) is 15.2 Å². The third-order valence-electron chi connectivity index (χ3n) is 3.87. The number of halogens is 2. The number of piperidine rings is 1. The van der Waals surface area contributed by atoms with Crippen molar-refractivity contribution < 1.29 is 4.79 Å². The highest BCUT2D eigenvalue weighted by Gasteiger charge is 2.22. The minimum atomic E-state index is 0.0473. The van der Waals surface area contributed by atoms with Gasteiger partial charge in [0.15, 0.2) is 0 Å². The molecule has 1 aliphatic rings. The number of amides is 1. The zero-order valence-electron chi connectivity index (χ0n) is 11.6. The molecule has 110 valence electrons. The summed E-state index contributed by atoms with van der Waals surface area (Å²) in [6.07, 6.45) is 2.96. The van der Waals surface area contributed by atoms with Gasteiger partial charge in [-0.1, -0.05) is 24.6 Å². The van der Waals surface area contributed by atoms with Crippen LogP contribution in [0.4, 0.5) is 5.69 Å². The predicted molar refractivity (Wildman–Crippen MR) is 87.2 cm³/mol. The highest BCUT2D eigenvalue weighted by atomic mass is 79.9. The average Bonchev–Trinajstić information content (AvgIpc) is 2.45. The van der Waals surface area contributed by atoms with Crippen LogP contribution in [0.1, 0.15) is 26.2 Å². The highest BCUT2D eigenvalue weighted by Crippen LogP contribution is 2.30. The number of carbonyl (C=O) groups excluding carboxylic acids is 1. The van der Waals surface area contributed by atoms with Gasteiger partial charge in [0, 0.05) is 6.42 Å². The summed E-state index contributed by atoms with van der Waals surface area (Å²) in [7, 11) is 0. The zero-order valence-corrected chi connectivity index (χ0v) is 13.9. The van der Waals surface area contributed by atoms with Gasteiger partial charge in [-0.05, 0) is 65.8 Å². The highest BCUT2D eigenvalue weighted by molar-refractivity contribution is 9.10. The van der Waals surface area contributed by atoms with Crippen molar-refractivity contribution >= 4 is 39.1 Å². The maximum Gasteiger partial charge on any atom is 0.224 e. The lowest BCUT2D eigenvalue weighted by Gasteiger charge is -2.28. The first-order chi connectivity index (χ1) is 9.58. The SMILES string of the molecule is CC(CC(=O)Nc1cccc(Cl)c1Br)C1CCCNC1. The predicted octanol–water partition coefficient (Wildman–Crippen LogP) is 4.07. The second-order valence-electron chi connectivity index (χ2n) is 5.44. The van der Waals surface area contributed by atoms with Gasteiger partial charge in [-0.15, -0.1) is 0 Å². The molecule has 0 aromatic heterocycles. The molecule has 1 fully saturated rings. The topological polar surface area (TPSA) is 41.1 Å². The lowest BCUT2D eigenvalue weighted by molar-refractivity contribution is -0.117. The quantitative estimate of drug-likeness (QED) is 0.851. The van der Waals surface area contributed by atoms with Crippen molar-refractivity contribution in [1.29, 1.82) is 0 Å². The molecule has 20 heavy (non-hydrogen) atoms. The lowest BCUT2D eigenvalue weighted by Crippen LogP contribution is -2.34. The van der Waals surface area contributed by atoms with Gasteiger partial charge in [-0.3, -0.25) is 4.79 Å². The fourth-order valence-corrected chi connectivity index (χ4v) is 3.16. The van der Waals surface area contributed by atoms with Crippen LogP contribution in [0, 0.1) is 11.8 Å². The average molecular weight is 360 g/mol. The molecule has 1 amide bonds. The van der Waals surface area contributed by atoms with E-state index in [1.807, 2.05) is 12.1 Å². The Kier molecular flexibility index (Phi) is 5.87. The summed E-state index contributed by atoms with van der Waals surface area (Å²) in [6.45, 7) is 4.28. The zero-order chi connectivity index (χ0) is 14.5. The third-order valence-corrected chi connectivity index (χ3v) is 5.27. The van der Waals surface area contributed by atoms with Crippen LogP contribution in [-0.2, 0) is 4.79 Å². The van der Waals surface area contributed by atoms with Crippen molar-refractivity contribution in [3.8, 4) is 0 Å². The Hall–Kier alpha value is -0.580. The van der Waals surface area contributed by atoms with Crippen molar-refractivity contribution in [1.82, 2.24) is 5.32 Å². The van der Waals surface area contributed by atoms with Crippen LogP contribution in [0.25, 0.3) is 0 Å². The summed E-state index contributed by atoms with van der Waals surface area (Å²) in [5, 5.41) is 6.93. The number of rotatable bonds is 4. The number of hydrogen-bond acceptors (Lipinski definition) is 2. The first kappa shape index (κ1) is 15.8. The van der Waals surface area contributed by atoms with Crippen molar-refractivity contribution in [3.63, 3.8) is 0 Å². The Labute approximate surface area is 133 Å². The molecule has 0 saturated carbocycles. The van der Waals surface area contributed by atoms with E-state index in [4.69, 9.17) is 11.6 Å². The molecule has 5 heteroatoms. The molecule has 2 atom stereocenters. The standard InChI is InChI=1S/C15H20BrClN2O/c1-10(11-4-3-7-18-9-11)8-14(20)19-13-6-2-5-12(17)15(13)16/h2,5-6,10-11,18H,3-4,7-9H2,1H3,(H,19,20). The van der Waals surface area contributed by atoms with E-state index in [1.165, 1.54) is 12.8 Å². The van der Waals surface area contributed by atoms with Crippen LogP contribution in [0.15, 0.2) is 22.7 Å². The number of nitrogens with one attached hydrogen (secondary N) is 2. The van der Waals surface area contributed by atoms with Crippen LogP contribution >= 0.6 is 27.5 Å². The molecule has 1 aliphatic heterocycles. The normalized spacial score (nSPS) is 20.4. The Balaban J connectivity index is 1.90. The number of hydrogen-bond donors (Lipinski definition) is 2. The minimum absolute atomic E-state index is 0.0473. The Morgan fingerprint density at radius 1 is 1.60 bits per heavy atom. The van der Waals surface area contributed by atoms with Gasteiger partial charge in [0.1, 0.15) is 0 Å². The van der Waals surface area contributed by atoms with Gasteiger partial charge in [0.25, 0.3) is 0 Å². The Morgan fingerprint density at radius 2 is 2.40 bits per heavy atom. The molecule has 1 aromatic carbocycles. The first-order valence-corrected chi connectivity index (χ1v) is 8.19. The Bertz CT molecular complexity index is 475. The summed E-state index contributed by atoms with van der Waals surface area (Å²) < 4.78 is 0.738. The van der Waals surface area contributed by atoms with Gasteiger partial charge in [0.2, 0.25) is 5.91 Å². The van der Waals surface area contributed by atoms with E-state index in [0.29, 0.717) is 23.3 Å². The molecule has 1 aromatic rings. The second kappa shape index (κ2) is 7.43. The van der Waals surface area contributed by atoms with Crippen molar-refractivity contribution in [2.45, 2.75) is 26.2 Å². The lowest BCUT2D eigenvalue weighted by atomic mass is 9.85. The van der Waals surface area contributed by atoms with Crippen LogP contribution in [-0.4, -0.2) is 19.0 Å². The van der Waals surface area contributed by atoms with Crippen LogP contribution in [0.2, 0.25) is 5.02 Å². The van der Waals surface area contributed by atoms with E-state index in [1.54, 1.807) is 6.07 Å². The molecule has 1 saturated heterocycles. The van der Waals surface area contributed by atoms with Gasteiger partial charge in [-0.2, -0.15) is 0 Å². The fourth-order valence-electron chi connectivity index (χ4n) is 2.63. The minimum Gasteiger partial charge on any atom is -0.325 e. The second-order valence-corrected chi connectivity index (χ2v) is 6.64. The van der Waals surface area contributed by atoms with E-state index in [9.17, 15) is 4.79 Å². The molecule has 2 unspecified atom stereocenters. The maximum absolute atomic E-state index is 12.1. The molecule has 0 aliphatic carbocycles. The van der Waals surface area contributed by atoms with Crippen LogP contribution < -0.4 is 10.6 Å². The van der Waals surface area contributed by atoms with Crippen molar-refractivity contribution in [2.75, 3.05) is 18.4 Å².